The lowest BCUT2D eigenvalue weighted by Crippen LogP contribution is -2.46. The highest BCUT2D eigenvalue weighted by atomic mass is 16.7. The zero-order valence-electron chi connectivity index (χ0n) is 19.0. The van der Waals surface area contributed by atoms with E-state index >= 15 is 0 Å². The molecule has 0 unspecified atom stereocenters. The summed E-state index contributed by atoms with van der Waals surface area (Å²) in [7, 11) is 3.06. The predicted octanol–water partition coefficient (Wildman–Crippen LogP) is 3.27. The number of likely N-dealkylation sites (tertiary alicyclic amines) is 1. The van der Waals surface area contributed by atoms with Crippen molar-refractivity contribution in [2.24, 2.45) is 0 Å². The van der Waals surface area contributed by atoms with Gasteiger partial charge in [-0.15, -0.1) is 0 Å². The van der Waals surface area contributed by atoms with Crippen LogP contribution in [0.25, 0.3) is 0 Å². The van der Waals surface area contributed by atoms with Gasteiger partial charge in [0.15, 0.2) is 11.5 Å². The summed E-state index contributed by atoms with van der Waals surface area (Å²) in [4.78, 5) is 38.6. The number of rotatable bonds is 7. The van der Waals surface area contributed by atoms with Crippen molar-refractivity contribution in [1.29, 1.82) is 0 Å². The molecule has 0 bridgehead atoms. The van der Waals surface area contributed by atoms with Gasteiger partial charge in [0.2, 0.25) is 0 Å². The first-order valence-corrected chi connectivity index (χ1v) is 10.7. The van der Waals surface area contributed by atoms with Crippen LogP contribution < -0.4 is 19.5 Å². The highest BCUT2D eigenvalue weighted by Crippen LogP contribution is 2.27. The molecule has 1 fully saturated rings. The number of nitrogens with one attached hydrogen (secondary N) is 1. The number of piperidine rings is 1. The van der Waals surface area contributed by atoms with Crippen LogP contribution in [0.15, 0.2) is 42.5 Å². The minimum Gasteiger partial charge on any atom is -0.493 e. The average molecular weight is 456 g/mol. The van der Waals surface area contributed by atoms with Crippen LogP contribution in [0.3, 0.4) is 0 Å². The molecular formula is C24H28N2O7. The van der Waals surface area contributed by atoms with Crippen LogP contribution in [0.1, 0.15) is 40.5 Å². The third-order valence-electron chi connectivity index (χ3n) is 5.33. The van der Waals surface area contributed by atoms with Crippen molar-refractivity contribution in [2.45, 2.75) is 25.8 Å². The van der Waals surface area contributed by atoms with Crippen molar-refractivity contribution in [2.75, 3.05) is 33.9 Å². The van der Waals surface area contributed by atoms with Gasteiger partial charge in [-0.2, -0.15) is 0 Å². The third-order valence-corrected chi connectivity index (χ3v) is 5.33. The number of amides is 2. The van der Waals surface area contributed by atoms with E-state index in [1.54, 1.807) is 54.3 Å². The first-order chi connectivity index (χ1) is 15.9. The second-order valence-corrected chi connectivity index (χ2v) is 7.42. The lowest BCUT2D eigenvalue weighted by molar-refractivity contribution is 0.0698. The standard InChI is InChI=1S/C24H28N2O7/c1-4-32-24(29)33-19-8-5-16(6-9-19)23(28)26-13-11-18(12-14-26)25-22(27)17-7-10-20(30-2)21(15-17)31-3/h5-10,15,18H,4,11-14H2,1-3H3,(H,25,27). The number of hydrogen-bond donors (Lipinski definition) is 1. The minimum absolute atomic E-state index is 0.0324. The number of methoxy groups -OCH3 is 2. The second-order valence-electron chi connectivity index (χ2n) is 7.42. The molecule has 0 aliphatic carbocycles. The summed E-state index contributed by atoms with van der Waals surface area (Å²) in [5, 5.41) is 3.03. The topological polar surface area (TPSA) is 103 Å². The van der Waals surface area contributed by atoms with Gasteiger partial charge in [-0.1, -0.05) is 0 Å². The molecule has 33 heavy (non-hydrogen) atoms. The first-order valence-electron chi connectivity index (χ1n) is 10.7. The molecule has 0 atom stereocenters. The highest BCUT2D eigenvalue weighted by molar-refractivity contribution is 5.95. The zero-order valence-corrected chi connectivity index (χ0v) is 19.0. The van der Waals surface area contributed by atoms with Gasteiger partial charge in [-0.3, -0.25) is 9.59 Å². The Labute approximate surface area is 192 Å². The van der Waals surface area contributed by atoms with Crippen molar-refractivity contribution < 1.29 is 33.3 Å². The molecule has 1 aliphatic rings. The van der Waals surface area contributed by atoms with Gasteiger partial charge >= 0.3 is 6.16 Å². The first kappa shape index (κ1) is 23.9. The Hall–Kier alpha value is -3.75. The maximum Gasteiger partial charge on any atom is 0.513 e. The molecule has 9 nitrogen and oxygen atoms in total. The maximum atomic E-state index is 12.8. The van der Waals surface area contributed by atoms with E-state index < -0.39 is 6.16 Å². The van der Waals surface area contributed by atoms with E-state index in [-0.39, 0.29) is 24.5 Å². The maximum absolute atomic E-state index is 12.8. The molecule has 2 aromatic rings. The molecule has 1 N–H and O–H groups in total. The molecule has 1 aliphatic heterocycles. The summed E-state index contributed by atoms with van der Waals surface area (Å²) in [5.41, 5.74) is 0.982. The number of nitrogens with zero attached hydrogens (tertiary/aromatic N) is 1. The van der Waals surface area contributed by atoms with Gasteiger partial charge in [-0.05, 0) is 62.2 Å². The van der Waals surface area contributed by atoms with Gasteiger partial charge in [0.05, 0.1) is 20.8 Å². The molecular weight excluding hydrogens is 428 g/mol. The molecule has 1 saturated heterocycles. The summed E-state index contributed by atoms with van der Waals surface area (Å²) in [6, 6.07) is 11.3. The third kappa shape index (κ3) is 6.15. The fourth-order valence-corrected chi connectivity index (χ4v) is 3.56. The van der Waals surface area contributed by atoms with Crippen LogP contribution in [-0.2, 0) is 4.74 Å². The molecule has 2 aromatic carbocycles. The Morgan fingerprint density at radius 2 is 1.58 bits per heavy atom. The molecule has 0 spiro atoms. The number of ether oxygens (including phenoxy) is 4. The molecule has 0 radical (unpaired) electrons. The van der Waals surface area contributed by atoms with Gasteiger partial charge < -0.3 is 29.2 Å². The lowest BCUT2D eigenvalue weighted by atomic mass is 10.0. The molecule has 2 amide bonds. The molecule has 3 rings (SSSR count). The van der Waals surface area contributed by atoms with Crippen molar-refractivity contribution in [3.8, 4) is 17.2 Å². The summed E-state index contributed by atoms with van der Waals surface area (Å²) in [5.74, 6) is 1.05. The largest absolute Gasteiger partial charge is 0.513 e. The Kier molecular flexibility index (Phi) is 8.12. The van der Waals surface area contributed by atoms with E-state index in [9.17, 15) is 14.4 Å². The van der Waals surface area contributed by atoms with E-state index in [0.29, 0.717) is 54.3 Å². The highest BCUT2D eigenvalue weighted by Gasteiger charge is 2.25. The van der Waals surface area contributed by atoms with Crippen LogP contribution in [0.4, 0.5) is 4.79 Å². The fraction of sp³-hybridized carbons (Fsp3) is 0.375. The Balaban J connectivity index is 1.51. The summed E-state index contributed by atoms with van der Waals surface area (Å²) in [6.45, 7) is 2.96. The summed E-state index contributed by atoms with van der Waals surface area (Å²) in [6.07, 6.45) is 0.512. The fourth-order valence-electron chi connectivity index (χ4n) is 3.56. The molecule has 9 heteroatoms. The van der Waals surface area contributed by atoms with Gasteiger partial charge in [-0.25, -0.2) is 4.79 Å². The predicted molar refractivity (Wildman–Crippen MR) is 120 cm³/mol. The van der Waals surface area contributed by atoms with E-state index in [1.807, 2.05) is 0 Å². The van der Waals surface area contributed by atoms with Crippen molar-refractivity contribution >= 4 is 18.0 Å². The summed E-state index contributed by atoms with van der Waals surface area (Å²) >= 11 is 0. The normalized spacial score (nSPS) is 13.7. The number of benzene rings is 2. The van der Waals surface area contributed by atoms with Crippen LogP contribution in [-0.4, -0.2) is 62.8 Å². The van der Waals surface area contributed by atoms with Gasteiger partial charge in [0.25, 0.3) is 11.8 Å². The minimum atomic E-state index is -0.784. The number of carbonyl (C=O) groups is 3. The van der Waals surface area contributed by atoms with Crippen LogP contribution in [0.5, 0.6) is 17.2 Å². The van der Waals surface area contributed by atoms with Crippen molar-refractivity contribution in [3.63, 3.8) is 0 Å². The monoisotopic (exact) mass is 456 g/mol. The van der Waals surface area contributed by atoms with Gasteiger partial charge in [0.1, 0.15) is 5.75 Å². The quantitative estimate of drug-likeness (QED) is 0.504. The van der Waals surface area contributed by atoms with Crippen LogP contribution >= 0.6 is 0 Å². The lowest BCUT2D eigenvalue weighted by Gasteiger charge is -2.32. The average Bonchev–Trinajstić information content (AvgIpc) is 2.84. The molecule has 0 aromatic heterocycles. The van der Waals surface area contributed by atoms with Crippen molar-refractivity contribution in [1.82, 2.24) is 10.2 Å². The Bertz CT molecular complexity index is 983. The Morgan fingerprint density at radius 3 is 2.18 bits per heavy atom. The van der Waals surface area contributed by atoms with E-state index in [0.717, 1.165) is 0 Å². The Morgan fingerprint density at radius 1 is 0.939 bits per heavy atom. The van der Waals surface area contributed by atoms with Gasteiger partial charge in [0, 0.05) is 30.3 Å². The van der Waals surface area contributed by atoms with E-state index in [1.165, 1.54) is 14.2 Å². The van der Waals surface area contributed by atoms with Crippen molar-refractivity contribution in [3.05, 3.63) is 53.6 Å². The molecule has 176 valence electrons. The van der Waals surface area contributed by atoms with E-state index in [4.69, 9.17) is 18.9 Å². The summed E-state index contributed by atoms with van der Waals surface area (Å²) < 4.78 is 20.2. The van der Waals surface area contributed by atoms with Crippen LogP contribution in [0, 0.1) is 0 Å². The molecule has 1 heterocycles. The number of hydrogen-bond acceptors (Lipinski definition) is 7. The van der Waals surface area contributed by atoms with E-state index in [2.05, 4.69) is 5.32 Å². The van der Waals surface area contributed by atoms with Crippen LogP contribution in [0.2, 0.25) is 0 Å². The number of carbonyl (C=O) groups excluding carboxylic acids is 3. The second kappa shape index (κ2) is 11.2. The zero-order chi connectivity index (χ0) is 23.8. The smallest absolute Gasteiger partial charge is 0.493 e. The molecule has 0 saturated carbocycles. The SMILES string of the molecule is CCOC(=O)Oc1ccc(C(=O)N2CCC(NC(=O)c3ccc(OC)c(OC)c3)CC2)cc1.